The molecule has 3 nitrogen and oxygen atoms in total. The summed E-state index contributed by atoms with van der Waals surface area (Å²) in [7, 11) is 0. The maximum absolute atomic E-state index is 12.4. The molecule has 2 atom stereocenters. The number of carbonyl (C=O) groups excluding carboxylic acids is 1. The number of nitrogens with one attached hydrogen (secondary N) is 2. The van der Waals surface area contributed by atoms with E-state index in [1.807, 2.05) is 19.1 Å². The van der Waals surface area contributed by atoms with Crippen LogP contribution in [0.15, 0.2) is 48.5 Å². The molecule has 2 aromatic carbocycles. The van der Waals surface area contributed by atoms with Gasteiger partial charge in [-0.3, -0.25) is 10.1 Å². The van der Waals surface area contributed by atoms with E-state index in [-0.39, 0.29) is 18.0 Å². The monoisotopic (exact) mass is 328 g/mol. The number of amides is 1. The van der Waals surface area contributed by atoms with E-state index in [0.717, 1.165) is 24.9 Å². The molecular weight excluding hydrogens is 308 g/mol. The smallest absolute Gasteiger partial charge is 0.241 e. The van der Waals surface area contributed by atoms with E-state index in [1.165, 1.54) is 11.1 Å². The molecule has 1 aliphatic carbocycles. The number of hydrogen-bond donors (Lipinski definition) is 2. The van der Waals surface area contributed by atoms with Gasteiger partial charge in [0, 0.05) is 16.8 Å². The standard InChI is InChI=1S/C19H21ClN2O/c1-13(19(23)22-16-9-5-8-15(20)12-16)21-18-11-4-7-14-6-2-3-10-17(14)18/h2-3,5-6,8-10,12-13,18,21H,4,7,11H2,1H3,(H,22,23)/t13-,18-/m1/s1. The van der Waals surface area contributed by atoms with Crippen molar-refractivity contribution in [3.63, 3.8) is 0 Å². The van der Waals surface area contributed by atoms with Crippen LogP contribution in [0.1, 0.15) is 36.9 Å². The zero-order valence-electron chi connectivity index (χ0n) is 13.2. The second-order valence-electron chi connectivity index (χ2n) is 6.03. The number of hydrogen-bond acceptors (Lipinski definition) is 2. The average Bonchev–Trinajstić information content (AvgIpc) is 2.55. The number of halogens is 1. The van der Waals surface area contributed by atoms with Crippen LogP contribution in [0.3, 0.4) is 0 Å². The molecule has 0 radical (unpaired) electrons. The highest BCUT2D eigenvalue weighted by Crippen LogP contribution is 2.29. The summed E-state index contributed by atoms with van der Waals surface area (Å²) in [6, 6.07) is 15.7. The molecule has 120 valence electrons. The molecule has 0 saturated heterocycles. The minimum Gasteiger partial charge on any atom is -0.325 e. The van der Waals surface area contributed by atoms with Gasteiger partial charge in [-0.05, 0) is 55.5 Å². The zero-order valence-corrected chi connectivity index (χ0v) is 13.9. The minimum absolute atomic E-state index is 0.0460. The van der Waals surface area contributed by atoms with Gasteiger partial charge in [0.05, 0.1) is 6.04 Å². The minimum atomic E-state index is -0.273. The second kappa shape index (κ2) is 7.16. The summed E-state index contributed by atoms with van der Waals surface area (Å²) >= 11 is 5.95. The molecule has 2 aromatic rings. The Bertz CT molecular complexity index is 701. The molecule has 0 spiro atoms. The molecule has 23 heavy (non-hydrogen) atoms. The normalized spacial score (nSPS) is 18.1. The van der Waals surface area contributed by atoms with Gasteiger partial charge in [0.15, 0.2) is 0 Å². The van der Waals surface area contributed by atoms with Crippen molar-refractivity contribution in [3.8, 4) is 0 Å². The van der Waals surface area contributed by atoms with Crippen LogP contribution in [-0.4, -0.2) is 11.9 Å². The first-order chi connectivity index (χ1) is 11.1. The predicted molar refractivity (Wildman–Crippen MR) is 94.8 cm³/mol. The molecule has 0 fully saturated rings. The Hall–Kier alpha value is -1.84. The van der Waals surface area contributed by atoms with Crippen LogP contribution in [0.5, 0.6) is 0 Å². The first-order valence-corrected chi connectivity index (χ1v) is 8.41. The number of anilines is 1. The maximum Gasteiger partial charge on any atom is 0.241 e. The van der Waals surface area contributed by atoms with Crippen molar-refractivity contribution in [1.29, 1.82) is 0 Å². The summed E-state index contributed by atoms with van der Waals surface area (Å²) in [5.74, 6) is -0.0460. The fourth-order valence-electron chi connectivity index (χ4n) is 3.12. The van der Waals surface area contributed by atoms with E-state index in [9.17, 15) is 4.79 Å². The van der Waals surface area contributed by atoms with Gasteiger partial charge in [0.25, 0.3) is 0 Å². The van der Waals surface area contributed by atoms with Crippen molar-refractivity contribution in [1.82, 2.24) is 5.32 Å². The molecule has 3 rings (SSSR count). The summed E-state index contributed by atoms with van der Waals surface area (Å²) in [5, 5.41) is 6.99. The van der Waals surface area contributed by atoms with Gasteiger partial charge in [-0.2, -0.15) is 0 Å². The van der Waals surface area contributed by atoms with Crippen molar-refractivity contribution < 1.29 is 4.79 Å². The molecule has 0 heterocycles. The van der Waals surface area contributed by atoms with Gasteiger partial charge < -0.3 is 5.32 Å². The third-order valence-electron chi connectivity index (χ3n) is 4.31. The van der Waals surface area contributed by atoms with Crippen molar-refractivity contribution >= 4 is 23.2 Å². The van der Waals surface area contributed by atoms with Crippen LogP contribution < -0.4 is 10.6 Å². The third-order valence-corrected chi connectivity index (χ3v) is 4.54. The van der Waals surface area contributed by atoms with Gasteiger partial charge in [-0.25, -0.2) is 0 Å². The van der Waals surface area contributed by atoms with Gasteiger partial charge >= 0.3 is 0 Å². The Morgan fingerprint density at radius 2 is 2.04 bits per heavy atom. The van der Waals surface area contributed by atoms with Gasteiger partial charge in [-0.1, -0.05) is 41.9 Å². The predicted octanol–water partition coefficient (Wildman–Crippen LogP) is 4.33. The molecule has 4 heteroatoms. The third kappa shape index (κ3) is 3.92. The molecule has 0 unspecified atom stereocenters. The van der Waals surface area contributed by atoms with Crippen LogP contribution in [-0.2, 0) is 11.2 Å². The van der Waals surface area contributed by atoms with Crippen molar-refractivity contribution in [2.75, 3.05) is 5.32 Å². The summed E-state index contributed by atoms with van der Waals surface area (Å²) in [5.41, 5.74) is 3.43. The molecule has 1 aliphatic rings. The summed E-state index contributed by atoms with van der Waals surface area (Å²) < 4.78 is 0. The lowest BCUT2D eigenvalue weighted by molar-refractivity contribution is -0.118. The highest BCUT2D eigenvalue weighted by Gasteiger charge is 2.23. The van der Waals surface area contributed by atoms with Crippen LogP contribution in [0.25, 0.3) is 0 Å². The largest absolute Gasteiger partial charge is 0.325 e. The quantitative estimate of drug-likeness (QED) is 0.876. The Kier molecular flexibility index (Phi) is 4.99. The summed E-state index contributed by atoms with van der Waals surface area (Å²) in [6.07, 6.45) is 3.33. The Labute approximate surface area is 142 Å². The van der Waals surface area contributed by atoms with Crippen molar-refractivity contribution in [2.24, 2.45) is 0 Å². The van der Waals surface area contributed by atoms with Crippen molar-refractivity contribution in [3.05, 3.63) is 64.7 Å². The Morgan fingerprint density at radius 1 is 1.22 bits per heavy atom. The number of rotatable bonds is 4. The average molecular weight is 329 g/mol. The first-order valence-electron chi connectivity index (χ1n) is 8.04. The van der Waals surface area contributed by atoms with E-state index in [4.69, 9.17) is 11.6 Å². The topological polar surface area (TPSA) is 41.1 Å². The number of aryl methyl sites for hydroxylation is 1. The molecule has 1 amide bonds. The summed E-state index contributed by atoms with van der Waals surface area (Å²) in [4.78, 5) is 12.4. The highest BCUT2D eigenvalue weighted by atomic mass is 35.5. The highest BCUT2D eigenvalue weighted by molar-refractivity contribution is 6.30. The lowest BCUT2D eigenvalue weighted by Crippen LogP contribution is -2.41. The molecule has 0 saturated carbocycles. The van der Waals surface area contributed by atoms with Crippen LogP contribution >= 0.6 is 11.6 Å². The van der Waals surface area contributed by atoms with Crippen LogP contribution in [0, 0.1) is 0 Å². The van der Waals surface area contributed by atoms with Gasteiger partial charge in [0.1, 0.15) is 0 Å². The lowest BCUT2D eigenvalue weighted by Gasteiger charge is -2.28. The van der Waals surface area contributed by atoms with Crippen LogP contribution in [0.4, 0.5) is 5.69 Å². The molecule has 0 aromatic heterocycles. The first kappa shape index (κ1) is 16.0. The SMILES string of the molecule is C[C@@H](N[C@@H]1CCCc2ccccc21)C(=O)Nc1cccc(Cl)c1. The zero-order chi connectivity index (χ0) is 16.2. The van der Waals surface area contributed by atoms with E-state index in [2.05, 4.69) is 34.9 Å². The lowest BCUT2D eigenvalue weighted by atomic mass is 9.87. The van der Waals surface area contributed by atoms with E-state index < -0.39 is 0 Å². The molecular formula is C19H21ClN2O. The van der Waals surface area contributed by atoms with E-state index in [1.54, 1.807) is 12.1 Å². The Balaban J connectivity index is 1.65. The molecule has 0 bridgehead atoms. The molecule has 2 N–H and O–H groups in total. The fraction of sp³-hybridized carbons (Fsp3) is 0.316. The van der Waals surface area contributed by atoms with Gasteiger partial charge in [0.2, 0.25) is 5.91 Å². The molecule has 0 aliphatic heterocycles. The number of benzene rings is 2. The van der Waals surface area contributed by atoms with E-state index >= 15 is 0 Å². The summed E-state index contributed by atoms with van der Waals surface area (Å²) in [6.45, 7) is 1.90. The van der Waals surface area contributed by atoms with Crippen LogP contribution in [0.2, 0.25) is 5.02 Å². The second-order valence-corrected chi connectivity index (χ2v) is 6.47. The maximum atomic E-state index is 12.4. The Morgan fingerprint density at radius 3 is 2.87 bits per heavy atom. The van der Waals surface area contributed by atoms with E-state index in [0.29, 0.717) is 5.02 Å². The fourth-order valence-corrected chi connectivity index (χ4v) is 3.31. The number of carbonyl (C=O) groups is 1. The van der Waals surface area contributed by atoms with Gasteiger partial charge in [-0.15, -0.1) is 0 Å². The van der Waals surface area contributed by atoms with Crippen molar-refractivity contribution in [2.45, 2.75) is 38.3 Å². The number of fused-ring (bicyclic) bond motifs is 1.